The molecule has 1 aliphatic rings. The lowest BCUT2D eigenvalue weighted by molar-refractivity contribution is -0.112. The molecule has 0 aromatic carbocycles. The van der Waals surface area contributed by atoms with Gasteiger partial charge in [0.1, 0.15) is 0 Å². The second kappa shape index (κ2) is 3.44. The maximum atomic E-state index is 9.02. The number of aliphatic hydroxyl groups is 1. The fourth-order valence-corrected chi connectivity index (χ4v) is 1.75. The smallest absolute Gasteiger partial charge is 0.163 e. The summed E-state index contributed by atoms with van der Waals surface area (Å²) in [6.45, 7) is 2.00. The quantitative estimate of drug-likeness (QED) is 0.552. The van der Waals surface area contributed by atoms with E-state index in [4.69, 9.17) is 9.84 Å². The molecule has 1 N–H and O–H groups in total. The molecule has 2 unspecified atom stereocenters. The Morgan fingerprint density at radius 3 is 3.22 bits per heavy atom. The van der Waals surface area contributed by atoms with Gasteiger partial charge in [0.25, 0.3) is 0 Å². The highest BCUT2D eigenvalue weighted by Gasteiger charge is 2.13. The molecule has 0 radical (unpaired) electrons. The molecule has 2 nitrogen and oxygen atoms in total. The first-order valence-electron chi connectivity index (χ1n) is 3.20. The maximum absolute atomic E-state index is 9.02. The standard InChI is InChI=1S/C6H12O2S/c1-5-2-3-9-4-6(7)8-5/h5-7H,2-4H2,1H3. The van der Waals surface area contributed by atoms with Crippen LogP contribution in [0.25, 0.3) is 0 Å². The highest BCUT2D eigenvalue weighted by atomic mass is 32.2. The van der Waals surface area contributed by atoms with Crippen LogP contribution in [-0.4, -0.2) is 29.0 Å². The van der Waals surface area contributed by atoms with E-state index >= 15 is 0 Å². The van der Waals surface area contributed by atoms with Crippen molar-refractivity contribution in [3.63, 3.8) is 0 Å². The number of aliphatic hydroxyl groups excluding tert-OH is 1. The van der Waals surface area contributed by atoms with Crippen LogP contribution in [0.3, 0.4) is 0 Å². The second-order valence-electron chi connectivity index (χ2n) is 2.26. The van der Waals surface area contributed by atoms with Gasteiger partial charge in [-0.3, -0.25) is 0 Å². The van der Waals surface area contributed by atoms with Crippen molar-refractivity contribution in [3.8, 4) is 0 Å². The van der Waals surface area contributed by atoms with Crippen LogP contribution in [-0.2, 0) is 4.74 Å². The van der Waals surface area contributed by atoms with Gasteiger partial charge >= 0.3 is 0 Å². The number of hydrogen-bond donors (Lipinski definition) is 1. The van der Waals surface area contributed by atoms with E-state index in [1.165, 1.54) is 0 Å². The lowest BCUT2D eigenvalue weighted by Gasteiger charge is -2.11. The Morgan fingerprint density at radius 1 is 1.67 bits per heavy atom. The molecule has 0 aromatic rings. The summed E-state index contributed by atoms with van der Waals surface area (Å²) < 4.78 is 5.15. The molecule has 3 heteroatoms. The molecule has 0 amide bonds. The predicted octanol–water partition coefficient (Wildman–Crippen LogP) is 0.847. The summed E-state index contributed by atoms with van der Waals surface area (Å²) >= 11 is 1.75. The molecule has 0 aliphatic carbocycles. The maximum Gasteiger partial charge on any atom is 0.163 e. The van der Waals surface area contributed by atoms with Crippen molar-refractivity contribution in [1.82, 2.24) is 0 Å². The second-order valence-corrected chi connectivity index (χ2v) is 3.41. The monoisotopic (exact) mass is 148 g/mol. The van der Waals surface area contributed by atoms with Gasteiger partial charge in [-0.2, -0.15) is 11.8 Å². The van der Waals surface area contributed by atoms with Crippen molar-refractivity contribution in [2.75, 3.05) is 11.5 Å². The zero-order chi connectivity index (χ0) is 6.69. The van der Waals surface area contributed by atoms with E-state index < -0.39 is 6.29 Å². The van der Waals surface area contributed by atoms with E-state index in [1.54, 1.807) is 11.8 Å². The average Bonchev–Trinajstić information content (AvgIpc) is 1.93. The van der Waals surface area contributed by atoms with Crippen LogP contribution >= 0.6 is 11.8 Å². The first-order chi connectivity index (χ1) is 4.29. The molecule has 0 bridgehead atoms. The van der Waals surface area contributed by atoms with Crippen LogP contribution < -0.4 is 0 Å². The summed E-state index contributed by atoms with van der Waals surface area (Å²) in [6, 6.07) is 0. The summed E-state index contributed by atoms with van der Waals surface area (Å²) in [5, 5.41) is 9.02. The van der Waals surface area contributed by atoms with Crippen LogP contribution in [0.4, 0.5) is 0 Å². The molecular formula is C6H12O2S. The molecule has 0 saturated carbocycles. The van der Waals surface area contributed by atoms with Crippen LogP contribution in [0.1, 0.15) is 13.3 Å². The Hall–Kier alpha value is 0.270. The van der Waals surface area contributed by atoms with Gasteiger partial charge in [0.2, 0.25) is 0 Å². The van der Waals surface area contributed by atoms with Crippen molar-refractivity contribution in [2.24, 2.45) is 0 Å². The fourth-order valence-electron chi connectivity index (χ4n) is 0.809. The van der Waals surface area contributed by atoms with Crippen molar-refractivity contribution in [1.29, 1.82) is 0 Å². The molecular weight excluding hydrogens is 136 g/mol. The molecule has 54 valence electrons. The predicted molar refractivity (Wildman–Crippen MR) is 38.5 cm³/mol. The molecule has 0 aromatic heterocycles. The van der Waals surface area contributed by atoms with Gasteiger partial charge in [-0.25, -0.2) is 0 Å². The minimum atomic E-state index is -0.535. The SMILES string of the molecule is CC1CCSCC(O)O1. The van der Waals surface area contributed by atoms with Crippen LogP contribution in [0.15, 0.2) is 0 Å². The molecule has 0 spiro atoms. The lowest BCUT2D eigenvalue weighted by atomic mass is 10.3. The Labute approximate surface area is 59.6 Å². The first kappa shape index (κ1) is 7.38. The van der Waals surface area contributed by atoms with Gasteiger partial charge in [0.05, 0.1) is 6.10 Å². The third kappa shape index (κ3) is 2.56. The molecule has 1 saturated heterocycles. The summed E-state index contributed by atoms with van der Waals surface area (Å²) in [7, 11) is 0. The minimum Gasteiger partial charge on any atom is -0.367 e. The normalized spacial score (nSPS) is 38.0. The lowest BCUT2D eigenvalue weighted by Crippen LogP contribution is -2.18. The number of thioether (sulfide) groups is 1. The van der Waals surface area contributed by atoms with Gasteiger partial charge in [0.15, 0.2) is 6.29 Å². The summed E-state index contributed by atoms with van der Waals surface area (Å²) in [5.74, 6) is 1.84. The highest BCUT2D eigenvalue weighted by molar-refractivity contribution is 7.99. The topological polar surface area (TPSA) is 29.5 Å². The average molecular weight is 148 g/mol. The van der Waals surface area contributed by atoms with E-state index in [1.807, 2.05) is 6.92 Å². The molecule has 1 fully saturated rings. The highest BCUT2D eigenvalue weighted by Crippen LogP contribution is 2.15. The van der Waals surface area contributed by atoms with E-state index in [0.717, 1.165) is 17.9 Å². The van der Waals surface area contributed by atoms with Crippen molar-refractivity contribution >= 4 is 11.8 Å². The minimum absolute atomic E-state index is 0.231. The Bertz CT molecular complexity index is 77.1. The van der Waals surface area contributed by atoms with Crippen LogP contribution in [0.5, 0.6) is 0 Å². The van der Waals surface area contributed by atoms with Gasteiger partial charge in [-0.15, -0.1) is 0 Å². The zero-order valence-electron chi connectivity index (χ0n) is 5.54. The molecule has 1 heterocycles. The number of rotatable bonds is 0. The van der Waals surface area contributed by atoms with E-state index in [-0.39, 0.29) is 6.10 Å². The summed E-state index contributed by atoms with van der Waals surface area (Å²) in [5.41, 5.74) is 0. The Kier molecular flexibility index (Phi) is 2.82. The first-order valence-corrected chi connectivity index (χ1v) is 4.36. The molecule has 2 atom stereocenters. The molecule has 1 aliphatic heterocycles. The van der Waals surface area contributed by atoms with Crippen molar-refractivity contribution in [3.05, 3.63) is 0 Å². The fraction of sp³-hybridized carbons (Fsp3) is 1.00. The summed E-state index contributed by atoms with van der Waals surface area (Å²) in [4.78, 5) is 0. The van der Waals surface area contributed by atoms with Gasteiger partial charge in [0, 0.05) is 5.75 Å². The Balaban J connectivity index is 2.29. The largest absolute Gasteiger partial charge is 0.367 e. The van der Waals surface area contributed by atoms with Gasteiger partial charge < -0.3 is 9.84 Å². The van der Waals surface area contributed by atoms with Crippen LogP contribution in [0, 0.1) is 0 Å². The van der Waals surface area contributed by atoms with E-state index in [2.05, 4.69) is 0 Å². The van der Waals surface area contributed by atoms with Crippen molar-refractivity contribution in [2.45, 2.75) is 25.7 Å². The van der Waals surface area contributed by atoms with Gasteiger partial charge in [-0.05, 0) is 19.1 Å². The Morgan fingerprint density at radius 2 is 2.44 bits per heavy atom. The molecule has 1 rings (SSSR count). The van der Waals surface area contributed by atoms with E-state index in [9.17, 15) is 0 Å². The van der Waals surface area contributed by atoms with Crippen molar-refractivity contribution < 1.29 is 9.84 Å². The van der Waals surface area contributed by atoms with Crippen LogP contribution in [0.2, 0.25) is 0 Å². The number of hydrogen-bond acceptors (Lipinski definition) is 3. The molecule has 9 heavy (non-hydrogen) atoms. The third-order valence-corrected chi connectivity index (χ3v) is 2.36. The third-order valence-electron chi connectivity index (χ3n) is 1.32. The van der Waals surface area contributed by atoms with Gasteiger partial charge in [-0.1, -0.05) is 0 Å². The number of ether oxygens (including phenoxy) is 1. The van der Waals surface area contributed by atoms with E-state index in [0.29, 0.717) is 0 Å². The zero-order valence-corrected chi connectivity index (χ0v) is 6.36. The summed E-state index contributed by atoms with van der Waals surface area (Å²) in [6.07, 6.45) is 0.754.